The first-order valence-corrected chi connectivity index (χ1v) is 7.75. The van der Waals surface area contributed by atoms with E-state index in [1.54, 1.807) is 19.2 Å². The highest BCUT2D eigenvalue weighted by Gasteiger charge is 2.27. The van der Waals surface area contributed by atoms with Gasteiger partial charge in [-0.3, -0.25) is 10.1 Å². The Bertz CT molecular complexity index is 502. The molecule has 5 heteroatoms. The zero-order chi connectivity index (χ0) is 15.4. The molecule has 2 N–H and O–H groups in total. The molecule has 2 rings (SSSR count). The first-order chi connectivity index (χ1) is 10.0. The molecule has 1 saturated carbocycles. The van der Waals surface area contributed by atoms with Crippen LogP contribution in [-0.4, -0.2) is 18.0 Å². The number of hydrogen-bond donors (Lipinski definition) is 2. The van der Waals surface area contributed by atoms with Crippen LogP contribution in [0, 0.1) is 22.0 Å². The molecule has 0 spiro atoms. The number of nitrogens with one attached hydrogen (secondary N) is 2. The zero-order valence-corrected chi connectivity index (χ0v) is 13.1. The summed E-state index contributed by atoms with van der Waals surface area (Å²) in [7, 11) is 1.78. The summed E-state index contributed by atoms with van der Waals surface area (Å²) in [6.45, 7) is 4.52. The second kappa shape index (κ2) is 6.78. The number of anilines is 2. The van der Waals surface area contributed by atoms with Crippen LogP contribution in [0.5, 0.6) is 0 Å². The summed E-state index contributed by atoms with van der Waals surface area (Å²) >= 11 is 0. The third-order valence-electron chi connectivity index (χ3n) is 4.45. The van der Waals surface area contributed by atoms with E-state index in [4.69, 9.17) is 0 Å². The van der Waals surface area contributed by atoms with Gasteiger partial charge in [0.2, 0.25) is 0 Å². The quantitative estimate of drug-likeness (QED) is 0.628. The van der Waals surface area contributed by atoms with Gasteiger partial charge >= 0.3 is 0 Å². The summed E-state index contributed by atoms with van der Waals surface area (Å²) in [6.07, 6.45) is 4.90. The maximum Gasteiger partial charge on any atom is 0.273 e. The third-order valence-corrected chi connectivity index (χ3v) is 4.45. The second-order valence-corrected chi connectivity index (χ2v) is 6.22. The number of non-ortho nitro benzene ring substituents is 1. The lowest BCUT2D eigenvalue weighted by atomic mass is 9.78. The maximum atomic E-state index is 11.0. The number of nitro groups is 1. The molecule has 1 aromatic carbocycles. The molecule has 0 aliphatic heterocycles. The van der Waals surface area contributed by atoms with Crippen LogP contribution in [-0.2, 0) is 0 Å². The minimum absolute atomic E-state index is 0.126. The van der Waals surface area contributed by atoms with Crippen molar-refractivity contribution in [3.8, 4) is 0 Å². The average Bonchev–Trinajstić information content (AvgIpc) is 2.47. The molecule has 1 aliphatic rings. The summed E-state index contributed by atoms with van der Waals surface area (Å²) in [5.41, 5.74) is 1.73. The summed E-state index contributed by atoms with van der Waals surface area (Å²) in [5.74, 6) is 1.27. The standard InChI is InChI=1S/C16H25N3O2/c1-11(2)15-6-4-5-7-16(15)18-13-8-12(17-3)9-14(10-13)19(20)21/h8-11,15-18H,4-7H2,1-3H3. The molecule has 0 bridgehead atoms. The molecule has 21 heavy (non-hydrogen) atoms. The van der Waals surface area contributed by atoms with Gasteiger partial charge in [-0.25, -0.2) is 0 Å². The van der Waals surface area contributed by atoms with Gasteiger partial charge in [-0.2, -0.15) is 0 Å². The Morgan fingerprint density at radius 1 is 1.19 bits per heavy atom. The van der Waals surface area contributed by atoms with Crippen LogP contribution < -0.4 is 10.6 Å². The molecule has 1 fully saturated rings. The van der Waals surface area contributed by atoms with Crippen LogP contribution in [0.4, 0.5) is 17.1 Å². The van der Waals surface area contributed by atoms with E-state index >= 15 is 0 Å². The predicted octanol–water partition coefficient (Wildman–Crippen LogP) is 4.26. The molecule has 0 amide bonds. The van der Waals surface area contributed by atoms with Gasteiger partial charge in [0.05, 0.1) is 4.92 Å². The van der Waals surface area contributed by atoms with Crippen molar-refractivity contribution in [1.29, 1.82) is 0 Å². The topological polar surface area (TPSA) is 67.2 Å². The van der Waals surface area contributed by atoms with Gasteiger partial charge < -0.3 is 10.6 Å². The molecule has 0 radical (unpaired) electrons. The Hall–Kier alpha value is -1.78. The Balaban J connectivity index is 2.21. The lowest BCUT2D eigenvalue weighted by molar-refractivity contribution is -0.384. The molecule has 5 nitrogen and oxygen atoms in total. The van der Waals surface area contributed by atoms with Crippen LogP contribution in [0.1, 0.15) is 39.5 Å². The Morgan fingerprint density at radius 3 is 2.48 bits per heavy atom. The number of rotatable bonds is 5. The van der Waals surface area contributed by atoms with Gasteiger partial charge in [-0.05, 0) is 30.7 Å². The van der Waals surface area contributed by atoms with Crippen molar-refractivity contribution in [2.24, 2.45) is 11.8 Å². The fourth-order valence-corrected chi connectivity index (χ4v) is 3.30. The fraction of sp³-hybridized carbons (Fsp3) is 0.625. The van der Waals surface area contributed by atoms with Crippen LogP contribution in [0.2, 0.25) is 0 Å². The molecule has 0 saturated heterocycles. The smallest absolute Gasteiger partial charge is 0.273 e. The molecule has 2 unspecified atom stereocenters. The van der Waals surface area contributed by atoms with Crippen molar-refractivity contribution in [3.63, 3.8) is 0 Å². The average molecular weight is 291 g/mol. The second-order valence-electron chi connectivity index (χ2n) is 6.22. The highest BCUT2D eigenvalue weighted by Crippen LogP contribution is 2.33. The van der Waals surface area contributed by atoms with E-state index in [2.05, 4.69) is 24.5 Å². The van der Waals surface area contributed by atoms with E-state index in [0.29, 0.717) is 17.9 Å². The van der Waals surface area contributed by atoms with E-state index < -0.39 is 0 Å². The van der Waals surface area contributed by atoms with Crippen LogP contribution >= 0.6 is 0 Å². The van der Waals surface area contributed by atoms with Crippen LogP contribution in [0.25, 0.3) is 0 Å². The third kappa shape index (κ3) is 3.86. The van der Waals surface area contributed by atoms with Gasteiger partial charge in [0.1, 0.15) is 0 Å². The maximum absolute atomic E-state index is 11.0. The molecule has 0 heterocycles. The van der Waals surface area contributed by atoms with E-state index in [1.807, 2.05) is 6.07 Å². The van der Waals surface area contributed by atoms with Crippen molar-refractivity contribution in [3.05, 3.63) is 28.3 Å². The SMILES string of the molecule is CNc1cc(NC2CCCCC2C(C)C)cc([N+](=O)[O-])c1. The largest absolute Gasteiger partial charge is 0.388 e. The molecule has 1 aliphatic carbocycles. The monoisotopic (exact) mass is 291 g/mol. The Morgan fingerprint density at radius 2 is 1.86 bits per heavy atom. The first kappa shape index (κ1) is 15.6. The minimum atomic E-state index is -0.340. The molecule has 0 aromatic heterocycles. The van der Waals surface area contributed by atoms with Crippen molar-refractivity contribution < 1.29 is 4.92 Å². The highest BCUT2D eigenvalue weighted by molar-refractivity contribution is 5.63. The lowest BCUT2D eigenvalue weighted by Crippen LogP contribution is -2.35. The van der Waals surface area contributed by atoms with E-state index in [0.717, 1.165) is 17.8 Å². The van der Waals surface area contributed by atoms with Crippen molar-refractivity contribution >= 4 is 17.1 Å². The van der Waals surface area contributed by atoms with Gasteiger partial charge in [0, 0.05) is 36.6 Å². The van der Waals surface area contributed by atoms with Crippen LogP contribution in [0.3, 0.4) is 0 Å². The van der Waals surface area contributed by atoms with Crippen molar-refractivity contribution in [2.45, 2.75) is 45.6 Å². The summed E-state index contributed by atoms with van der Waals surface area (Å²) < 4.78 is 0. The van der Waals surface area contributed by atoms with Gasteiger partial charge in [-0.15, -0.1) is 0 Å². The molecular weight excluding hydrogens is 266 g/mol. The number of hydrogen-bond acceptors (Lipinski definition) is 4. The van der Waals surface area contributed by atoms with E-state index in [1.165, 1.54) is 19.3 Å². The minimum Gasteiger partial charge on any atom is -0.388 e. The van der Waals surface area contributed by atoms with Gasteiger partial charge in [0.15, 0.2) is 0 Å². The Labute approximate surface area is 126 Å². The first-order valence-electron chi connectivity index (χ1n) is 7.75. The van der Waals surface area contributed by atoms with Gasteiger partial charge in [-0.1, -0.05) is 26.7 Å². The molecule has 116 valence electrons. The number of nitrogens with zero attached hydrogens (tertiary/aromatic N) is 1. The molecule has 1 aromatic rings. The summed E-state index contributed by atoms with van der Waals surface area (Å²) in [5, 5.41) is 17.6. The fourth-order valence-electron chi connectivity index (χ4n) is 3.30. The van der Waals surface area contributed by atoms with Crippen molar-refractivity contribution in [1.82, 2.24) is 0 Å². The van der Waals surface area contributed by atoms with E-state index in [9.17, 15) is 10.1 Å². The van der Waals surface area contributed by atoms with Crippen molar-refractivity contribution in [2.75, 3.05) is 17.7 Å². The highest BCUT2D eigenvalue weighted by atomic mass is 16.6. The Kier molecular flexibility index (Phi) is 5.04. The summed E-state index contributed by atoms with van der Waals surface area (Å²) in [6, 6.07) is 5.54. The molecular formula is C16H25N3O2. The van der Waals surface area contributed by atoms with Crippen LogP contribution in [0.15, 0.2) is 18.2 Å². The number of benzene rings is 1. The normalized spacial score (nSPS) is 22.1. The van der Waals surface area contributed by atoms with Gasteiger partial charge in [0.25, 0.3) is 5.69 Å². The number of nitro benzene ring substituents is 1. The lowest BCUT2D eigenvalue weighted by Gasteiger charge is -2.35. The predicted molar refractivity (Wildman–Crippen MR) is 86.8 cm³/mol. The zero-order valence-electron chi connectivity index (χ0n) is 13.1. The molecule has 2 atom stereocenters. The summed E-state index contributed by atoms with van der Waals surface area (Å²) in [4.78, 5) is 10.7. The van der Waals surface area contributed by atoms with E-state index in [-0.39, 0.29) is 10.6 Å².